The Hall–Kier alpha value is -9.60. The van der Waals surface area contributed by atoms with Crippen LogP contribution in [0, 0.1) is 0 Å². The number of hydrogen-bond donors (Lipinski definition) is 0. The van der Waals surface area contributed by atoms with Crippen molar-refractivity contribution in [2.75, 3.05) is 9.80 Å². The summed E-state index contributed by atoms with van der Waals surface area (Å²) in [5.74, 6) is 3.27. The molecule has 4 aromatic heterocycles. The Labute approximate surface area is 477 Å². The molecule has 0 atom stereocenters. The van der Waals surface area contributed by atoms with Crippen molar-refractivity contribution < 1.29 is 9.47 Å². The minimum atomic E-state index is -0.562. The standard InChI is InChI=1S/C73H52N4O2S2/c1-3-74-67-33-27-49(41-59(67)61-45-55(29-35-69(61)74)78-53-21-13-7-14-22-53)76(47-17-9-5-10-18-47)51-25-31-57-58-32-26-52(44-66(58)73(65(57)43-51)63-37-39-80-71(63)72-64(73)38-40-81-72)77(48-19-11-6-12-20-48)50-28-34-68-60(42-50)62-46-56(30-36-70(62)75(68)4-2)79-54-23-15-8-16-24-54/h5-46H,3-4H2,1-2H3. The van der Waals surface area contributed by atoms with Gasteiger partial charge in [0.2, 0.25) is 0 Å². The second-order valence-corrected chi connectivity index (χ2v) is 22.8. The molecule has 6 nitrogen and oxygen atoms in total. The van der Waals surface area contributed by atoms with E-state index in [9.17, 15) is 0 Å². The van der Waals surface area contributed by atoms with Gasteiger partial charge in [0.05, 0.1) is 5.41 Å². The number of ether oxygens (including phenoxy) is 2. The monoisotopic (exact) mass is 1080 g/mol. The highest BCUT2D eigenvalue weighted by Crippen LogP contribution is 2.66. The molecule has 0 bridgehead atoms. The number of fused-ring (bicyclic) bond motifs is 16. The molecule has 1 spiro atoms. The predicted octanol–water partition coefficient (Wildman–Crippen LogP) is 20.9. The quantitative estimate of drug-likeness (QED) is 0.122. The fourth-order valence-electron chi connectivity index (χ4n) is 13.4. The fraction of sp³-hybridized carbons (Fsp3) is 0.0685. The Bertz CT molecular complexity index is 4450. The molecular formula is C73H52N4O2S2. The first-order chi connectivity index (χ1) is 40.0. The van der Waals surface area contributed by atoms with Gasteiger partial charge < -0.3 is 28.4 Å². The smallest absolute Gasteiger partial charge is 0.128 e. The maximum atomic E-state index is 6.44. The zero-order valence-electron chi connectivity index (χ0n) is 44.6. The number of hydrogen-bond acceptors (Lipinski definition) is 6. The van der Waals surface area contributed by atoms with Crippen molar-refractivity contribution in [2.24, 2.45) is 0 Å². The van der Waals surface area contributed by atoms with Crippen molar-refractivity contribution in [2.45, 2.75) is 32.4 Å². The Morgan fingerprint density at radius 2 is 0.691 bits per heavy atom. The molecule has 0 saturated heterocycles. The van der Waals surface area contributed by atoms with Crippen LogP contribution in [0.4, 0.5) is 34.1 Å². The summed E-state index contributed by atoms with van der Waals surface area (Å²) in [7, 11) is 0. The molecule has 2 aliphatic carbocycles. The van der Waals surface area contributed by atoms with Crippen molar-refractivity contribution >= 4 is 100 Å². The van der Waals surface area contributed by atoms with Crippen LogP contribution in [0.15, 0.2) is 253 Å². The van der Waals surface area contributed by atoms with Gasteiger partial charge in [0, 0.05) is 101 Å². The van der Waals surface area contributed by atoms with E-state index >= 15 is 0 Å². The number of aromatic nitrogens is 2. The summed E-state index contributed by atoms with van der Waals surface area (Å²) in [6, 6.07) is 88.0. The van der Waals surface area contributed by atoms with Crippen molar-refractivity contribution in [3.05, 3.63) is 276 Å². The maximum Gasteiger partial charge on any atom is 0.128 e. The molecule has 388 valence electrons. The molecule has 0 amide bonds. The van der Waals surface area contributed by atoms with Gasteiger partial charge in [-0.25, -0.2) is 0 Å². The lowest BCUT2D eigenvalue weighted by Gasteiger charge is -2.32. The van der Waals surface area contributed by atoms with E-state index in [1.165, 1.54) is 76.0 Å². The highest BCUT2D eigenvalue weighted by atomic mass is 32.1. The van der Waals surface area contributed by atoms with Crippen LogP contribution in [0.3, 0.4) is 0 Å². The lowest BCUT2D eigenvalue weighted by molar-refractivity contribution is 0.483. The van der Waals surface area contributed by atoms with Gasteiger partial charge >= 0.3 is 0 Å². The molecule has 81 heavy (non-hydrogen) atoms. The molecule has 0 saturated carbocycles. The zero-order chi connectivity index (χ0) is 53.8. The number of thiophene rings is 2. The molecule has 10 aromatic carbocycles. The van der Waals surface area contributed by atoms with E-state index in [1.807, 2.05) is 83.3 Å². The Morgan fingerprint density at radius 1 is 0.333 bits per heavy atom. The van der Waals surface area contributed by atoms with E-state index in [1.54, 1.807) is 0 Å². The summed E-state index contributed by atoms with van der Waals surface area (Å²) in [5.41, 5.74) is 18.6. The van der Waals surface area contributed by atoms with Crippen LogP contribution in [0.25, 0.3) is 64.5 Å². The van der Waals surface area contributed by atoms with Crippen molar-refractivity contribution in [3.8, 4) is 43.9 Å². The third-order valence-electron chi connectivity index (χ3n) is 16.7. The van der Waals surface area contributed by atoms with Gasteiger partial charge in [-0.15, -0.1) is 22.7 Å². The minimum Gasteiger partial charge on any atom is -0.457 e. The maximum absolute atomic E-state index is 6.44. The predicted molar refractivity (Wildman–Crippen MR) is 338 cm³/mol. The lowest BCUT2D eigenvalue weighted by atomic mass is 9.71. The average Bonchev–Trinajstić information content (AvgIpc) is 1.81. The Balaban J connectivity index is 0.867. The summed E-state index contributed by atoms with van der Waals surface area (Å²) < 4.78 is 17.7. The first-order valence-electron chi connectivity index (χ1n) is 27.8. The summed E-state index contributed by atoms with van der Waals surface area (Å²) in [5, 5.41) is 9.28. The summed E-state index contributed by atoms with van der Waals surface area (Å²) in [6.45, 7) is 6.14. The minimum absolute atomic E-state index is 0.562. The second-order valence-electron chi connectivity index (χ2n) is 21.0. The molecule has 8 heteroatoms. The summed E-state index contributed by atoms with van der Waals surface area (Å²) >= 11 is 3.72. The fourth-order valence-corrected chi connectivity index (χ4v) is 15.5. The van der Waals surface area contributed by atoms with Crippen LogP contribution in [0.5, 0.6) is 23.0 Å². The number of nitrogens with zero attached hydrogens (tertiary/aromatic N) is 4. The first-order valence-corrected chi connectivity index (χ1v) is 29.6. The number of anilines is 6. The Kier molecular flexibility index (Phi) is 11.0. The number of para-hydroxylation sites is 4. The van der Waals surface area contributed by atoms with Gasteiger partial charge in [0.15, 0.2) is 0 Å². The molecule has 2 aliphatic rings. The van der Waals surface area contributed by atoms with E-state index < -0.39 is 5.41 Å². The van der Waals surface area contributed by atoms with Gasteiger partial charge in [-0.05, 0) is 216 Å². The molecule has 0 radical (unpaired) electrons. The topological polar surface area (TPSA) is 34.8 Å². The third-order valence-corrected chi connectivity index (χ3v) is 18.7. The molecule has 16 rings (SSSR count). The van der Waals surface area contributed by atoms with Gasteiger partial charge in [-0.3, -0.25) is 0 Å². The van der Waals surface area contributed by atoms with E-state index in [4.69, 9.17) is 9.47 Å². The van der Waals surface area contributed by atoms with E-state index in [0.717, 1.165) is 81.0 Å². The van der Waals surface area contributed by atoms with Crippen LogP contribution in [-0.2, 0) is 18.5 Å². The highest BCUT2D eigenvalue weighted by molar-refractivity contribution is 7.21. The zero-order valence-corrected chi connectivity index (χ0v) is 46.2. The van der Waals surface area contributed by atoms with E-state index in [2.05, 4.69) is 226 Å². The van der Waals surface area contributed by atoms with Crippen LogP contribution in [0.2, 0.25) is 0 Å². The van der Waals surface area contributed by atoms with Crippen molar-refractivity contribution in [1.82, 2.24) is 9.13 Å². The molecule has 0 aliphatic heterocycles. The van der Waals surface area contributed by atoms with E-state index in [0.29, 0.717) is 0 Å². The van der Waals surface area contributed by atoms with Crippen LogP contribution in [0.1, 0.15) is 36.1 Å². The molecule has 0 unspecified atom stereocenters. The van der Waals surface area contributed by atoms with Crippen LogP contribution in [-0.4, -0.2) is 9.13 Å². The third kappa shape index (κ3) is 7.30. The molecule has 14 aromatic rings. The first kappa shape index (κ1) is 47.4. The van der Waals surface area contributed by atoms with Gasteiger partial charge in [-0.1, -0.05) is 84.9 Å². The van der Waals surface area contributed by atoms with Crippen LogP contribution >= 0.6 is 22.7 Å². The molecule has 0 fully saturated rings. The second kappa shape index (κ2) is 18.8. The van der Waals surface area contributed by atoms with Gasteiger partial charge in [0.25, 0.3) is 0 Å². The van der Waals surface area contributed by atoms with Gasteiger partial charge in [-0.2, -0.15) is 0 Å². The highest BCUT2D eigenvalue weighted by Gasteiger charge is 2.53. The number of benzene rings is 10. The largest absolute Gasteiger partial charge is 0.457 e. The summed E-state index contributed by atoms with van der Waals surface area (Å²) in [6.07, 6.45) is 0. The van der Waals surface area contributed by atoms with Gasteiger partial charge in [0.1, 0.15) is 23.0 Å². The Morgan fingerprint density at radius 3 is 1.10 bits per heavy atom. The van der Waals surface area contributed by atoms with Crippen molar-refractivity contribution in [1.29, 1.82) is 0 Å². The summed E-state index contributed by atoms with van der Waals surface area (Å²) in [4.78, 5) is 7.60. The normalized spacial score (nSPS) is 12.8. The van der Waals surface area contributed by atoms with E-state index in [-0.39, 0.29) is 0 Å². The van der Waals surface area contributed by atoms with Crippen molar-refractivity contribution in [3.63, 3.8) is 0 Å². The number of aryl methyl sites for hydroxylation is 2. The molecule has 0 N–H and O–H groups in total. The molecule has 4 heterocycles. The molecular weight excluding hydrogens is 1030 g/mol. The number of rotatable bonds is 12. The SMILES string of the molecule is CCn1c2ccc(Oc3ccccc3)cc2c2cc(N(c3ccccc3)c3ccc4c(c3)C3(c5cc(N(c6ccccc6)c6ccc7c(c6)c6cc(Oc8ccccc8)ccc6n7CC)ccc5-4)c4ccsc4-c4sccc43)ccc21. The average molecular weight is 1080 g/mol. The lowest BCUT2D eigenvalue weighted by Crippen LogP contribution is -2.26. The van der Waals surface area contributed by atoms with Crippen LogP contribution < -0.4 is 19.3 Å².